The third kappa shape index (κ3) is 2.81. The van der Waals surface area contributed by atoms with Crippen molar-refractivity contribution in [3.05, 3.63) is 11.6 Å². The maximum Gasteiger partial charge on any atom is 0.309 e. The molecule has 0 spiro atoms. The molecule has 0 heterocycles. The van der Waals surface area contributed by atoms with E-state index in [9.17, 15) is 19.8 Å². The molecule has 0 aromatic carbocycles. The number of aliphatic hydroxyl groups excluding tert-OH is 1. The van der Waals surface area contributed by atoms with Gasteiger partial charge in [0.15, 0.2) is 5.78 Å². The van der Waals surface area contributed by atoms with Crippen LogP contribution in [0.5, 0.6) is 0 Å². The second kappa shape index (κ2) is 6.99. The van der Waals surface area contributed by atoms with Gasteiger partial charge in [-0.2, -0.15) is 0 Å². The third-order valence-corrected chi connectivity index (χ3v) is 13.1. The molecule has 9 atom stereocenters. The van der Waals surface area contributed by atoms with Crippen molar-refractivity contribution in [2.24, 2.45) is 50.2 Å². The lowest BCUT2D eigenvalue weighted by molar-refractivity contribution is -0.184. The van der Waals surface area contributed by atoms with Gasteiger partial charge in [0.05, 0.1) is 11.5 Å². The summed E-state index contributed by atoms with van der Waals surface area (Å²) in [5.74, 6) is -0.0514. The minimum atomic E-state index is -0.735. The minimum Gasteiger partial charge on any atom is -0.481 e. The van der Waals surface area contributed by atoms with Crippen molar-refractivity contribution >= 4 is 11.8 Å². The molecule has 0 bridgehead atoms. The number of hydrogen-bond donors (Lipinski definition) is 2. The lowest BCUT2D eigenvalue weighted by atomic mass is 9.34. The van der Waals surface area contributed by atoms with Crippen LogP contribution >= 0.6 is 0 Å². The lowest BCUT2D eigenvalue weighted by Gasteiger charge is -2.70. The Morgan fingerprint density at radius 2 is 1.56 bits per heavy atom. The molecular weight excluding hydrogens is 424 g/mol. The van der Waals surface area contributed by atoms with Crippen molar-refractivity contribution in [3.8, 4) is 0 Å². The van der Waals surface area contributed by atoms with Crippen LogP contribution in [0.4, 0.5) is 0 Å². The summed E-state index contributed by atoms with van der Waals surface area (Å²) in [5.41, 5.74) is 0.225. The quantitative estimate of drug-likeness (QED) is 0.464. The highest BCUT2D eigenvalue weighted by Gasteiger charge is 2.69. The van der Waals surface area contributed by atoms with Crippen LogP contribution in [0.25, 0.3) is 0 Å². The number of hydrogen-bond acceptors (Lipinski definition) is 3. The van der Waals surface area contributed by atoms with E-state index in [2.05, 4.69) is 41.5 Å². The van der Waals surface area contributed by atoms with Crippen molar-refractivity contribution in [1.29, 1.82) is 0 Å². The summed E-state index contributed by atoms with van der Waals surface area (Å²) in [5, 5.41) is 20.9. The molecule has 0 aromatic heterocycles. The van der Waals surface area contributed by atoms with E-state index >= 15 is 0 Å². The lowest BCUT2D eigenvalue weighted by Crippen LogP contribution is -2.65. The van der Waals surface area contributed by atoms with E-state index in [4.69, 9.17) is 0 Å². The summed E-state index contributed by atoms with van der Waals surface area (Å²) in [6.07, 6.45) is 9.98. The van der Waals surface area contributed by atoms with Gasteiger partial charge >= 0.3 is 5.97 Å². The zero-order valence-electron chi connectivity index (χ0n) is 22.5. The molecule has 0 amide bonds. The van der Waals surface area contributed by atoms with Gasteiger partial charge in [0, 0.05) is 5.92 Å². The van der Waals surface area contributed by atoms with Crippen LogP contribution in [-0.2, 0) is 9.59 Å². The molecule has 5 rings (SSSR count). The molecule has 0 saturated heterocycles. The minimum absolute atomic E-state index is 0.0501. The molecule has 4 fully saturated rings. The van der Waals surface area contributed by atoms with E-state index in [0.717, 1.165) is 44.9 Å². The average Bonchev–Trinajstić information content (AvgIpc) is 2.74. The average molecular weight is 471 g/mol. The molecule has 0 radical (unpaired) electrons. The van der Waals surface area contributed by atoms with Crippen LogP contribution in [0.15, 0.2) is 11.6 Å². The number of fused-ring (bicyclic) bond motifs is 7. The SMILES string of the molecule is CC1(C)[C@@H](O)CC[C@]2(C)C3=CC(=O)[C@H]4[C@@H]5C[C@@](C)(C(=O)O)CC[C@]5(C)CC[C@@]4(C)[C@]3(C)CC[C@@H]12. The second-order valence-electron chi connectivity index (χ2n) is 14.9. The van der Waals surface area contributed by atoms with E-state index < -0.39 is 11.4 Å². The maximum atomic E-state index is 14.2. The number of ketones is 1. The Labute approximate surface area is 206 Å². The van der Waals surface area contributed by atoms with E-state index in [0.29, 0.717) is 18.8 Å². The van der Waals surface area contributed by atoms with Crippen molar-refractivity contribution in [2.45, 2.75) is 112 Å². The van der Waals surface area contributed by atoms with Crippen molar-refractivity contribution in [2.75, 3.05) is 0 Å². The summed E-state index contributed by atoms with van der Waals surface area (Å²) in [4.78, 5) is 26.4. The van der Waals surface area contributed by atoms with Crippen LogP contribution in [0.1, 0.15) is 106 Å². The standard InChI is InChI=1S/C30H46O4/c1-25(2)20-8-11-29(6)21(28(20,5)10-9-22(25)32)16-19(31)23-18-17-27(4,24(33)34)13-12-26(18,3)14-15-30(23,29)7/h16,18,20,22-23,32H,8-15,17H2,1-7H3,(H,33,34)/t18-,20-,22-,23+,26+,27-,28-,29+,30+/m0/s1. The fourth-order valence-corrected chi connectivity index (χ4v) is 10.3. The van der Waals surface area contributed by atoms with Crippen LogP contribution in [0.2, 0.25) is 0 Å². The first kappa shape index (κ1) is 24.5. The predicted molar refractivity (Wildman–Crippen MR) is 133 cm³/mol. The first-order valence-electron chi connectivity index (χ1n) is 13.7. The van der Waals surface area contributed by atoms with Gasteiger partial charge in [-0.05, 0) is 110 Å². The fraction of sp³-hybridized carbons (Fsp3) is 0.867. The van der Waals surface area contributed by atoms with Crippen LogP contribution in [-0.4, -0.2) is 28.1 Å². The Morgan fingerprint density at radius 3 is 2.21 bits per heavy atom. The van der Waals surface area contributed by atoms with Gasteiger partial charge in [-0.15, -0.1) is 0 Å². The van der Waals surface area contributed by atoms with Gasteiger partial charge in [-0.1, -0.05) is 47.1 Å². The molecule has 5 aliphatic carbocycles. The molecule has 0 unspecified atom stereocenters. The van der Waals surface area contributed by atoms with Gasteiger partial charge in [-0.25, -0.2) is 0 Å². The first-order chi connectivity index (χ1) is 15.6. The van der Waals surface area contributed by atoms with E-state index in [1.54, 1.807) is 0 Å². The summed E-state index contributed by atoms with van der Waals surface area (Å²) in [6, 6.07) is 0. The molecule has 0 aromatic rings. The van der Waals surface area contributed by atoms with Gasteiger partial charge in [0.25, 0.3) is 0 Å². The number of carbonyl (C=O) groups excluding carboxylic acids is 1. The molecule has 4 saturated carbocycles. The Balaban J connectivity index is 1.62. The zero-order chi connectivity index (χ0) is 25.1. The van der Waals surface area contributed by atoms with Gasteiger partial charge < -0.3 is 10.2 Å². The van der Waals surface area contributed by atoms with E-state index in [1.165, 1.54) is 5.57 Å². The van der Waals surface area contributed by atoms with E-state index in [-0.39, 0.29) is 50.8 Å². The predicted octanol–water partition coefficient (Wildman–Crippen LogP) is 6.41. The van der Waals surface area contributed by atoms with E-state index in [1.807, 2.05) is 13.0 Å². The highest BCUT2D eigenvalue weighted by molar-refractivity contribution is 5.95. The van der Waals surface area contributed by atoms with Crippen molar-refractivity contribution in [3.63, 3.8) is 0 Å². The zero-order valence-corrected chi connectivity index (χ0v) is 22.5. The molecule has 190 valence electrons. The number of carboxylic acid groups (broad SMARTS) is 1. The molecule has 5 aliphatic rings. The van der Waals surface area contributed by atoms with Crippen LogP contribution in [0, 0.1) is 50.2 Å². The highest BCUT2D eigenvalue weighted by Crippen LogP contribution is 2.75. The topological polar surface area (TPSA) is 74.6 Å². The Hall–Kier alpha value is -1.16. The van der Waals surface area contributed by atoms with Gasteiger partial charge in [-0.3, -0.25) is 9.59 Å². The molecule has 2 N–H and O–H groups in total. The summed E-state index contributed by atoms with van der Waals surface area (Å²) < 4.78 is 0. The largest absolute Gasteiger partial charge is 0.481 e. The van der Waals surface area contributed by atoms with Crippen LogP contribution in [0.3, 0.4) is 0 Å². The molecule has 4 nitrogen and oxygen atoms in total. The monoisotopic (exact) mass is 470 g/mol. The first-order valence-corrected chi connectivity index (χ1v) is 13.7. The van der Waals surface area contributed by atoms with Crippen LogP contribution < -0.4 is 0 Å². The normalized spacial score (nSPS) is 54.1. The number of allylic oxidation sites excluding steroid dienone is 2. The highest BCUT2D eigenvalue weighted by atomic mass is 16.4. The smallest absolute Gasteiger partial charge is 0.309 e. The molecular formula is C30H46O4. The summed E-state index contributed by atoms with van der Waals surface area (Å²) >= 11 is 0. The second-order valence-corrected chi connectivity index (χ2v) is 14.9. The molecule has 0 aliphatic heterocycles. The Morgan fingerprint density at radius 1 is 0.912 bits per heavy atom. The third-order valence-electron chi connectivity index (χ3n) is 13.1. The number of carbonyl (C=O) groups is 2. The number of rotatable bonds is 1. The van der Waals surface area contributed by atoms with Gasteiger partial charge in [0.1, 0.15) is 0 Å². The number of aliphatic hydroxyl groups is 1. The summed E-state index contributed by atoms with van der Waals surface area (Å²) in [6.45, 7) is 15.9. The van der Waals surface area contributed by atoms with Crippen molar-refractivity contribution in [1.82, 2.24) is 0 Å². The maximum absolute atomic E-state index is 14.2. The summed E-state index contributed by atoms with van der Waals surface area (Å²) in [7, 11) is 0. The number of aliphatic carboxylic acids is 1. The number of carboxylic acids is 1. The fourth-order valence-electron chi connectivity index (χ4n) is 10.3. The Kier molecular flexibility index (Phi) is 5.04. The van der Waals surface area contributed by atoms with Crippen molar-refractivity contribution < 1.29 is 19.8 Å². The molecule has 34 heavy (non-hydrogen) atoms. The molecule has 4 heteroatoms. The van der Waals surface area contributed by atoms with Gasteiger partial charge in [0.2, 0.25) is 0 Å². The Bertz CT molecular complexity index is 965.